The van der Waals surface area contributed by atoms with E-state index in [4.69, 9.17) is 0 Å². The van der Waals surface area contributed by atoms with E-state index >= 15 is 0 Å². The largest absolute Gasteiger partial charge is 0.323 e. The third-order valence-corrected chi connectivity index (χ3v) is 4.25. The maximum atomic E-state index is 12.5. The molecular weight excluding hydrogens is 290 g/mol. The second-order valence-corrected chi connectivity index (χ2v) is 7.07. The third kappa shape index (κ3) is 4.79. The molecule has 5 heteroatoms. The Labute approximate surface area is 138 Å². The zero-order valence-electron chi connectivity index (χ0n) is 14.6. The Bertz CT molecular complexity index is 578. The smallest absolute Gasteiger partial charge is 0.321 e. The van der Waals surface area contributed by atoms with Crippen molar-refractivity contribution in [3.63, 3.8) is 0 Å². The van der Waals surface area contributed by atoms with E-state index in [9.17, 15) is 9.59 Å². The molecule has 1 saturated heterocycles. The molecule has 0 spiro atoms. The lowest BCUT2D eigenvalue weighted by atomic mass is 10.1. The van der Waals surface area contributed by atoms with Gasteiger partial charge in [0, 0.05) is 43.0 Å². The summed E-state index contributed by atoms with van der Waals surface area (Å²) in [5.74, 6) is -0.00306. The van der Waals surface area contributed by atoms with Crippen LogP contribution < -0.4 is 5.32 Å². The average molecular weight is 317 g/mol. The molecule has 1 aliphatic heterocycles. The molecule has 1 N–H and O–H groups in total. The van der Waals surface area contributed by atoms with Crippen LogP contribution in [0.1, 0.15) is 44.5 Å². The summed E-state index contributed by atoms with van der Waals surface area (Å²) < 4.78 is 0. The van der Waals surface area contributed by atoms with Crippen LogP contribution in [-0.2, 0) is 0 Å². The van der Waals surface area contributed by atoms with Gasteiger partial charge in [-0.2, -0.15) is 0 Å². The van der Waals surface area contributed by atoms with Crippen molar-refractivity contribution < 1.29 is 9.59 Å². The lowest BCUT2D eigenvalue weighted by Crippen LogP contribution is -2.44. The van der Waals surface area contributed by atoms with Crippen molar-refractivity contribution in [2.45, 2.75) is 39.7 Å². The highest BCUT2D eigenvalue weighted by Gasteiger charge is 2.25. The number of carbonyl (C=O) groups is 2. The summed E-state index contributed by atoms with van der Waals surface area (Å²) in [5.41, 5.74) is 1.40. The van der Waals surface area contributed by atoms with Crippen LogP contribution >= 0.6 is 0 Å². The third-order valence-electron chi connectivity index (χ3n) is 4.25. The Kier molecular flexibility index (Phi) is 5.42. The molecule has 1 heterocycles. The van der Waals surface area contributed by atoms with Crippen molar-refractivity contribution in [3.05, 3.63) is 29.8 Å². The summed E-state index contributed by atoms with van der Waals surface area (Å²) in [6, 6.07) is 6.98. The molecule has 0 atom stereocenters. The van der Waals surface area contributed by atoms with Crippen LogP contribution in [0, 0.1) is 0 Å². The molecule has 0 aromatic heterocycles. The van der Waals surface area contributed by atoms with E-state index in [-0.39, 0.29) is 17.4 Å². The van der Waals surface area contributed by atoms with E-state index < -0.39 is 0 Å². The number of rotatable bonds is 2. The summed E-state index contributed by atoms with van der Waals surface area (Å²) in [4.78, 5) is 28.2. The fourth-order valence-electron chi connectivity index (χ4n) is 2.81. The lowest BCUT2D eigenvalue weighted by Gasteiger charge is -2.34. The van der Waals surface area contributed by atoms with Gasteiger partial charge in [0.15, 0.2) is 5.78 Å². The maximum absolute atomic E-state index is 12.5. The van der Waals surface area contributed by atoms with Gasteiger partial charge in [0.25, 0.3) is 0 Å². The fourth-order valence-corrected chi connectivity index (χ4v) is 2.81. The summed E-state index contributed by atoms with van der Waals surface area (Å²) in [6.07, 6.45) is 0.970. The SMILES string of the molecule is CC(=O)c1cccc(NC(=O)N2CCCN(C(C)(C)C)CC2)c1. The quantitative estimate of drug-likeness (QED) is 0.852. The van der Waals surface area contributed by atoms with E-state index in [1.807, 2.05) is 11.0 Å². The average Bonchev–Trinajstić information content (AvgIpc) is 2.73. The van der Waals surface area contributed by atoms with Gasteiger partial charge in [0.05, 0.1) is 0 Å². The van der Waals surface area contributed by atoms with Gasteiger partial charge in [-0.15, -0.1) is 0 Å². The number of nitrogens with one attached hydrogen (secondary N) is 1. The standard InChI is InChI=1S/C18H27N3O2/c1-14(22)15-7-5-8-16(13-15)19-17(23)20-9-6-10-21(12-11-20)18(2,3)4/h5,7-8,13H,6,9-12H2,1-4H3,(H,19,23). The van der Waals surface area contributed by atoms with Crippen molar-refractivity contribution in [1.82, 2.24) is 9.80 Å². The molecule has 5 nitrogen and oxygen atoms in total. The number of carbonyl (C=O) groups excluding carboxylic acids is 2. The molecule has 0 unspecified atom stereocenters. The van der Waals surface area contributed by atoms with Gasteiger partial charge in [0.2, 0.25) is 0 Å². The van der Waals surface area contributed by atoms with Gasteiger partial charge in [-0.05, 0) is 46.2 Å². The molecule has 1 aromatic carbocycles. The Morgan fingerprint density at radius 1 is 1.09 bits per heavy atom. The highest BCUT2D eigenvalue weighted by molar-refractivity contribution is 5.96. The number of hydrogen-bond donors (Lipinski definition) is 1. The summed E-state index contributed by atoms with van der Waals surface area (Å²) in [7, 11) is 0. The number of anilines is 1. The molecule has 23 heavy (non-hydrogen) atoms. The minimum atomic E-state index is -0.0959. The molecule has 2 rings (SSSR count). The minimum absolute atomic E-state index is 0.00306. The lowest BCUT2D eigenvalue weighted by molar-refractivity contribution is 0.101. The summed E-state index contributed by atoms with van der Waals surface area (Å²) >= 11 is 0. The highest BCUT2D eigenvalue weighted by atomic mass is 16.2. The fraction of sp³-hybridized carbons (Fsp3) is 0.556. The monoisotopic (exact) mass is 317 g/mol. The number of amides is 2. The molecule has 0 bridgehead atoms. The van der Waals surface area contributed by atoms with Gasteiger partial charge < -0.3 is 10.2 Å². The normalized spacial score (nSPS) is 16.8. The van der Waals surface area contributed by atoms with Crippen LogP contribution in [-0.4, -0.2) is 53.3 Å². The highest BCUT2D eigenvalue weighted by Crippen LogP contribution is 2.17. The Hall–Kier alpha value is -1.88. The Morgan fingerprint density at radius 3 is 2.48 bits per heavy atom. The molecule has 126 valence electrons. The summed E-state index contributed by atoms with van der Waals surface area (Å²) in [6.45, 7) is 11.5. The second-order valence-electron chi connectivity index (χ2n) is 7.07. The van der Waals surface area contributed by atoms with Crippen molar-refractivity contribution in [2.24, 2.45) is 0 Å². The van der Waals surface area contributed by atoms with Gasteiger partial charge in [-0.3, -0.25) is 9.69 Å². The first-order valence-electron chi connectivity index (χ1n) is 8.19. The minimum Gasteiger partial charge on any atom is -0.323 e. The molecule has 1 aliphatic rings. The van der Waals surface area contributed by atoms with E-state index in [0.29, 0.717) is 11.3 Å². The van der Waals surface area contributed by atoms with E-state index in [2.05, 4.69) is 31.0 Å². The van der Waals surface area contributed by atoms with Gasteiger partial charge in [0.1, 0.15) is 0 Å². The zero-order chi connectivity index (χ0) is 17.0. The number of ketones is 1. The van der Waals surface area contributed by atoms with Gasteiger partial charge >= 0.3 is 6.03 Å². The Morgan fingerprint density at radius 2 is 1.83 bits per heavy atom. The van der Waals surface area contributed by atoms with E-state index in [1.165, 1.54) is 6.92 Å². The number of urea groups is 1. The van der Waals surface area contributed by atoms with Crippen LogP contribution in [0.15, 0.2) is 24.3 Å². The molecule has 0 aliphatic carbocycles. The van der Waals surface area contributed by atoms with Crippen LogP contribution in [0.25, 0.3) is 0 Å². The number of nitrogens with zero attached hydrogens (tertiary/aromatic N) is 2. The maximum Gasteiger partial charge on any atom is 0.321 e. The first-order chi connectivity index (χ1) is 10.8. The second kappa shape index (κ2) is 7.13. The van der Waals surface area contributed by atoms with E-state index in [1.54, 1.807) is 18.2 Å². The summed E-state index contributed by atoms with van der Waals surface area (Å²) in [5, 5.41) is 2.90. The van der Waals surface area contributed by atoms with Crippen LogP contribution in [0.3, 0.4) is 0 Å². The predicted molar refractivity (Wildman–Crippen MR) is 93.0 cm³/mol. The van der Waals surface area contributed by atoms with Crippen molar-refractivity contribution in [1.29, 1.82) is 0 Å². The molecule has 2 amide bonds. The molecule has 1 aromatic rings. The predicted octanol–water partition coefficient (Wildman–Crippen LogP) is 3.23. The first kappa shape index (κ1) is 17.5. The zero-order valence-corrected chi connectivity index (χ0v) is 14.6. The number of hydrogen-bond acceptors (Lipinski definition) is 3. The number of benzene rings is 1. The first-order valence-corrected chi connectivity index (χ1v) is 8.19. The number of Topliss-reactive ketones (excluding diaryl/α,β-unsaturated/α-hetero) is 1. The van der Waals surface area contributed by atoms with Crippen LogP contribution in [0.4, 0.5) is 10.5 Å². The topological polar surface area (TPSA) is 52.7 Å². The van der Waals surface area contributed by atoms with Crippen LogP contribution in [0.5, 0.6) is 0 Å². The van der Waals surface area contributed by atoms with Gasteiger partial charge in [-0.25, -0.2) is 4.79 Å². The van der Waals surface area contributed by atoms with Gasteiger partial charge in [-0.1, -0.05) is 12.1 Å². The molecule has 0 saturated carbocycles. The van der Waals surface area contributed by atoms with Crippen molar-refractivity contribution >= 4 is 17.5 Å². The molecule has 1 fully saturated rings. The molecule has 0 radical (unpaired) electrons. The van der Waals surface area contributed by atoms with Crippen molar-refractivity contribution in [2.75, 3.05) is 31.5 Å². The van der Waals surface area contributed by atoms with E-state index in [0.717, 1.165) is 32.6 Å². The molecular formula is C18H27N3O2. The van der Waals surface area contributed by atoms with Crippen molar-refractivity contribution in [3.8, 4) is 0 Å². The van der Waals surface area contributed by atoms with Crippen LogP contribution in [0.2, 0.25) is 0 Å². The Balaban J connectivity index is 1.98.